The van der Waals surface area contributed by atoms with Gasteiger partial charge in [0.15, 0.2) is 0 Å². The van der Waals surface area contributed by atoms with Crippen molar-refractivity contribution in [2.75, 3.05) is 23.3 Å². The molecule has 0 bridgehead atoms. The lowest BCUT2D eigenvalue weighted by atomic mass is 10.1. The third-order valence-electron chi connectivity index (χ3n) is 6.14. The fourth-order valence-electron chi connectivity index (χ4n) is 4.36. The van der Waals surface area contributed by atoms with Crippen LogP contribution in [-0.4, -0.2) is 40.0 Å². The second kappa shape index (κ2) is 12.0. The van der Waals surface area contributed by atoms with Crippen LogP contribution in [0.5, 0.6) is 0 Å². The first-order chi connectivity index (χ1) is 17.4. The van der Waals surface area contributed by atoms with E-state index in [9.17, 15) is 14.4 Å². The lowest BCUT2D eigenvalue weighted by Crippen LogP contribution is -2.35. The predicted molar refractivity (Wildman–Crippen MR) is 151 cm³/mol. The fraction of sp³-hybridized carbons (Fsp3) is 0.333. The van der Waals surface area contributed by atoms with Crippen LogP contribution >= 0.6 is 35.6 Å². The Morgan fingerprint density at radius 2 is 1.72 bits per heavy atom. The fourth-order valence-corrected chi connectivity index (χ4v) is 5.93. The number of rotatable bonds is 10. The zero-order valence-electron chi connectivity index (χ0n) is 20.1. The van der Waals surface area contributed by atoms with Gasteiger partial charge in [0.2, 0.25) is 5.91 Å². The van der Waals surface area contributed by atoms with Crippen molar-refractivity contribution in [1.82, 2.24) is 4.90 Å². The summed E-state index contributed by atoms with van der Waals surface area (Å²) in [5, 5.41) is 3.28. The Morgan fingerprint density at radius 3 is 2.50 bits per heavy atom. The summed E-state index contributed by atoms with van der Waals surface area (Å²) in [6, 6.07) is 14.0. The average Bonchev–Trinajstić information content (AvgIpc) is 3.28. The summed E-state index contributed by atoms with van der Waals surface area (Å²) in [5.74, 6) is -0.975. The van der Waals surface area contributed by atoms with E-state index < -0.39 is 0 Å². The van der Waals surface area contributed by atoms with Crippen LogP contribution in [-0.2, 0) is 14.4 Å². The molecule has 2 aliphatic rings. The SMILES string of the molecule is CCCCCCCCN1C(=O)/C(=C2/C(=O)N(CC(=O)Nc3cccc(Cl)c3)c3ccccc32)SC1=S. The summed E-state index contributed by atoms with van der Waals surface area (Å²) < 4.78 is 0.471. The van der Waals surface area contributed by atoms with Gasteiger partial charge < -0.3 is 5.32 Å². The number of para-hydroxylation sites is 1. The molecule has 1 fully saturated rings. The van der Waals surface area contributed by atoms with Crippen molar-refractivity contribution in [2.45, 2.75) is 45.4 Å². The summed E-state index contributed by atoms with van der Waals surface area (Å²) in [7, 11) is 0. The van der Waals surface area contributed by atoms with Crippen LogP contribution in [0.1, 0.15) is 51.0 Å². The minimum Gasteiger partial charge on any atom is -0.324 e. The number of hydrogen-bond donors (Lipinski definition) is 1. The van der Waals surface area contributed by atoms with Crippen LogP contribution in [0, 0.1) is 0 Å². The number of carbonyl (C=O) groups excluding carboxylic acids is 3. The molecule has 36 heavy (non-hydrogen) atoms. The highest BCUT2D eigenvalue weighted by Gasteiger charge is 2.42. The predicted octanol–water partition coefficient (Wildman–Crippen LogP) is 6.26. The van der Waals surface area contributed by atoms with Crippen molar-refractivity contribution in [3.8, 4) is 0 Å². The molecule has 2 aromatic rings. The number of unbranched alkanes of at least 4 members (excludes halogenated alkanes) is 5. The van der Waals surface area contributed by atoms with E-state index in [0.29, 0.717) is 43.3 Å². The van der Waals surface area contributed by atoms with Crippen molar-refractivity contribution in [3.63, 3.8) is 0 Å². The topological polar surface area (TPSA) is 69.7 Å². The van der Waals surface area contributed by atoms with E-state index in [1.165, 1.54) is 35.9 Å². The molecule has 0 atom stereocenters. The van der Waals surface area contributed by atoms with E-state index in [4.69, 9.17) is 23.8 Å². The molecule has 1 saturated heterocycles. The Hall–Kier alpha value is -2.68. The van der Waals surface area contributed by atoms with E-state index in [-0.39, 0.29) is 24.3 Å². The molecule has 1 N–H and O–H groups in total. The van der Waals surface area contributed by atoms with Crippen molar-refractivity contribution >= 4 is 74.6 Å². The van der Waals surface area contributed by atoms with Gasteiger partial charge in [-0.05, 0) is 30.7 Å². The summed E-state index contributed by atoms with van der Waals surface area (Å²) >= 11 is 12.7. The standard InChI is InChI=1S/C27H28ClN3O3S2/c1-2-3-4-5-6-9-15-30-26(34)24(36-27(30)35)23-20-13-7-8-14-21(20)31(25(23)33)17-22(32)29-19-12-10-11-18(28)16-19/h7-8,10-14,16H,2-6,9,15,17H2,1H3,(H,29,32)/b24-23-. The Balaban J connectivity index is 1.51. The molecule has 6 nitrogen and oxygen atoms in total. The van der Waals surface area contributed by atoms with Crippen LogP contribution < -0.4 is 10.2 Å². The molecule has 2 aliphatic heterocycles. The number of carbonyl (C=O) groups is 3. The summed E-state index contributed by atoms with van der Waals surface area (Å²) in [4.78, 5) is 43.0. The maximum atomic E-state index is 13.6. The minimum atomic E-state index is -0.377. The van der Waals surface area contributed by atoms with E-state index in [1.807, 2.05) is 6.07 Å². The van der Waals surface area contributed by atoms with Crippen LogP contribution in [0.3, 0.4) is 0 Å². The molecule has 3 amide bonds. The smallest absolute Gasteiger partial charge is 0.267 e. The third-order valence-corrected chi connectivity index (χ3v) is 7.83. The number of nitrogens with one attached hydrogen (secondary N) is 1. The van der Waals surface area contributed by atoms with Gasteiger partial charge in [-0.2, -0.15) is 0 Å². The van der Waals surface area contributed by atoms with Gasteiger partial charge in [0.05, 0.1) is 16.2 Å². The Bertz CT molecular complexity index is 1230. The third kappa shape index (κ3) is 5.82. The van der Waals surface area contributed by atoms with Crippen LogP contribution in [0.25, 0.3) is 5.57 Å². The highest BCUT2D eigenvalue weighted by Crippen LogP contribution is 2.44. The van der Waals surface area contributed by atoms with Crippen LogP contribution in [0.4, 0.5) is 11.4 Å². The zero-order valence-corrected chi connectivity index (χ0v) is 22.5. The van der Waals surface area contributed by atoms with Crippen LogP contribution in [0.15, 0.2) is 53.4 Å². The minimum absolute atomic E-state index is 0.191. The summed E-state index contributed by atoms with van der Waals surface area (Å²) in [6.45, 7) is 2.54. The molecule has 0 spiro atoms. The first-order valence-corrected chi connectivity index (χ1v) is 13.8. The molecule has 4 rings (SSSR count). The number of thioether (sulfide) groups is 1. The first kappa shape index (κ1) is 26.4. The molecule has 0 saturated carbocycles. The molecule has 2 heterocycles. The van der Waals surface area contributed by atoms with Gasteiger partial charge in [-0.1, -0.05) is 98.9 Å². The van der Waals surface area contributed by atoms with E-state index in [0.717, 1.165) is 19.3 Å². The van der Waals surface area contributed by atoms with E-state index in [2.05, 4.69) is 12.2 Å². The van der Waals surface area contributed by atoms with E-state index >= 15 is 0 Å². The lowest BCUT2D eigenvalue weighted by molar-refractivity contribution is -0.122. The van der Waals surface area contributed by atoms with Gasteiger partial charge in [0.1, 0.15) is 10.9 Å². The van der Waals surface area contributed by atoms with Gasteiger partial charge in [0.25, 0.3) is 11.8 Å². The first-order valence-electron chi connectivity index (χ1n) is 12.1. The van der Waals surface area contributed by atoms with Gasteiger partial charge in [-0.15, -0.1) is 0 Å². The van der Waals surface area contributed by atoms with Crippen molar-refractivity contribution in [1.29, 1.82) is 0 Å². The maximum absolute atomic E-state index is 13.6. The molecule has 2 aromatic carbocycles. The van der Waals surface area contributed by atoms with Gasteiger partial charge in [0, 0.05) is 22.8 Å². The number of halogens is 1. The molecule has 0 aliphatic carbocycles. The zero-order chi connectivity index (χ0) is 25.7. The molecule has 0 aromatic heterocycles. The van der Waals surface area contributed by atoms with Gasteiger partial charge in [-0.25, -0.2) is 0 Å². The summed E-state index contributed by atoms with van der Waals surface area (Å²) in [6.07, 6.45) is 6.67. The Morgan fingerprint density at radius 1 is 0.972 bits per heavy atom. The molecule has 0 unspecified atom stereocenters. The molecular formula is C27H28ClN3O3S2. The highest BCUT2D eigenvalue weighted by molar-refractivity contribution is 8.26. The number of fused-ring (bicyclic) bond motifs is 1. The molecule has 0 radical (unpaired) electrons. The van der Waals surface area contributed by atoms with Crippen LogP contribution in [0.2, 0.25) is 5.02 Å². The monoisotopic (exact) mass is 541 g/mol. The second-order valence-electron chi connectivity index (χ2n) is 8.76. The maximum Gasteiger partial charge on any atom is 0.267 e. The van der Waals surface area contributed by atoms with Gasteiger partial charge in [-0.3, -0.25) is 24.2 Å². The van der Waals surface area contributed by atoms with Crippen molar-refractivity contribution < 1.29 is 14.4 Å². The molecule has 188 valence electrons. The number of thiocarbonyl (C=S) groups is 1. The van der Waals surface area contributed by atoms with Crippen molar-refractivity contribution in [3.05, 3.63) is 64.0 Å². The highest BCUT2D eigenvalue weighted by atomic mass is 35.5. The van der Waals surface area contributed by atoms with Gasteiger partial charge >= 0.3 is 0 Å². The largest absolute Gasteiger partial charge is 0.324 e. The normalized spacial score (nSPS) is 17.2. The Labute approximate surface area is 226 Å². The number of anilines is 2. The molecule has 9 heteroatoms. The quantitative estimate of drug-likeness (QED) is 0.218. The number of benzene rings is 2. The number of nitrogens with zero attached hydrogens (tertiary/aromatic N) is 2. The van der Waals surface area contributed by atoms with E-state index in [1.54, 1.807) is 47.4 Å². The average molecular weight is 542 g/mol. The summed E-state index contributed by atoms with van der Waals surface area (Å²) in [5.41, 5.74) is 2.09. The molecular weight excluding hydrogens is 514 g/mol. The number of amides is 3. The van der Waals surface area contributed by atoms with Crippen molar-refractivity contribution in [2.24, 2.45) is 0 Å². The number of hydrogen-bond acceptors (Lipinski definition) is 5. The Kier molecular flexibility index (Phi) is 8.82. The second-order valence-corrected chi connectivity index (χ2v) is 10.8. The lowest BCUT2D eigenvalue weighted by Gasteiger charge is -2.17.